The van der Waals surface area contributed by atoms with Crippen molar-refractivity contribution in [3.8, 4) is 12.3 Å². The van der Waals surface area contributed by atoms with Crippen LogP contribution in [0.4, 0.5) is 0 Å². The van der Waals surface area contributed by atoms with Gasteiger partial charge in [-0.3, -0.25) is 19.3 Å². The van der Waals surface area contributed by atoms with Gasteiger partial charge in [-0.1, -0.05) is 5.92 Å². The number of ketones is 1. The highest BCUT2D eigenvalue weighted by Crippen LogP contribution is 2.11. The van der Waals surface area contributed by atoms with Gasteiger partial charge in [0, 0.05) is 19.3 Å². The second kappa shape index (κ2) is 6.03. The number of hydrogen-bond acceptors (Lipinski definition) is 4. The van der Waals surface area contributed by atoms with Crippen molar-refractivity contribution >= 4 is 17.6 Å². The first-order valence-electron chi connectivity index (χ1n) is 5.01. The van der Waals surface area contributed by atoms with E-state index in [0.717, 1.165) is 4.90 Å². The van der Waals surface area contributed by atoms with E-state index >= 15 is 0 Å². The van der Waals surface area contributed by atoms with Crippen LogP contribution in [0.5, 0.6) is 0 Å². The first-order chi connectivity index (χ1) is 7.65. The zero-order valence-corrected chi connectivity index (χ0v) is 8.90. The Morgan fingerprint density at radius 2 is 2.00 bits per heavy atom. The Balaban J connectivity index is 2.26. The highest BCUT2D eigenvalue weighted by Gasteiger charge is 2.29. The number of carbonyl (C=O) groups excluding carboxylic acids is 3. The van der Waals surface area contributed by atoms with Crippen LogP contribution in [0.3, 0.4) is 0 Å². The van der Waals surface area contributed by atoms with E-state index in [0.29, 0.717) is 0 Å². The Labute approximate surface area is 93.7 Å². The summed E-state index contributed by atoms with van der Waals surface area (Å²) in [6, 6.07) is 0. The van der Waals surface area contributed by atoms with Crippen molar-refractivity contribution in [2.75, 3.05) is 19.8 Å². The molecule has 0 saturated carbocycles. The van der Waals surface area contributed by atoms with Gasteiger partial charge < -0.3 is 4.74 Å². The highest BCUT2D eigenvalue weighted by molar-refractivity contribution is 6.04. The molecule has 0 radical (unpaired) electrons. The van der Waals surface area contributed by atoms with Crippen LogP contribution in [-0.4, -0.2) is 42.3 Å². The third kappa shape index (κ3) is 3.48. The summed E-state index contributed by atoms with van der Waals surface area (Å²) in [4.78, 5) is 34.8. The maximum atomic E-state index is 11.4. The van der Waals surface area contributed by atoms with Crippen LogP contribution in [0.25, 0.3) is 0 Å². The van der Waals surface area contributed by atoms with E-state index in [1.165, 1.54) is 0 Å². The molecule has 1 fully saturated rings. The SMILES string of the molecule is C#CCOCCC(=O)CN1C(=O)CCC1=O. The monoisotopic (exact) mass is 223 g/mol. The Morgan fingerprint density at radius 1 is 1.38 bits per heavy atom. The molecule has 0 spiro atoms. The third-order valence-corrected chi connectivity index (χ3v) is 2.20. The van der Waals surface area contributed by atoms with Gasteiger partial charge in [-0.2, -0.15) is 0 Å². The second-order valence-corrected chi connectivity index (χ2v) is 3.42. The fourth-order valence-electron chi connectivity index (χ4n) is 1.37. The molecule has 0 atom stereocenters. The summed E-state index contributed by atoms with van der Waals surface area (Å²) in [7, 11) is 0. The number of nitrogens with zero attached hydrogens (tertiary/aromatic N) is 1. The Morgan fingerprint density at radius 3 is 2.56 bits per heavy atom. The van der Waals surface area contributed by atoms with Crippen LogP contribution < -0.4 is 0 Å². The molecule has 1 saturated heterocycles. The first-order valence-corrected chi connectivity index (χ1v) is 5.01. The van der Waals surface area contributed by atoms with Crippen molar-refractivity contribution in [2.24, 2.45) is 0 Å². The number of likely N-dealkylation sites (tertiary alicyclic amines) is 1. The second-order valence-electron chi connectivity index (χ2n) is 3.42. The maximum Gasteiger partial charge on any atom is 0.230 e. The zero-order valence-electron chi connectivity index (χ0n) is 8.90. The Bertz CT molecular complexity index is 326. The maximum absolute atomic E-state index is 11.4. The minimum Gasteiger partial charge on any atom is -0.368 e. The molecular weight excluding hydrogens is 210 g/mol. The van der Waals surface area contributed by atoms with Crippen molar-refractivity contribution in [1.82, 2.24) is 4.90 Å². The molecule has 0 bridgehead atoms. The van der Waals surface area contributed by atoms with Crippen molar-refractivity contribution in [3.05, 3.63) is 0 Å². The fraction of sp³-hybridized carbons (Fsp3) is 0.545. The Kier molecular flexibility index (Phi) is 4.67. The number of Topliss-reactive ketones (excluding diaryl/α,β-unsaturated/α-hetero) is 1. The number of rotatable bonds is 6. The highest BCUT2D eigenvalue weighted by atomic mass is 16.5. The minimum absolute atomic E-state index is 0.142. The molecule has 5 nitrogen and oxygen atoms in total. The van der Waals surface area contributed by atoms with Gasteiger partial charge in [-0.25, -0.2) is 0 Å². The first kappa shape index (κ1) is 12.4. The molecule has 0 aromatic rings. The number of amides is 2. The van der Waals surface area contributed by atoms with Crippen LogP contribution >= 0.6 is 0 Å². The van der Waals surface area contributed by atoms with Crippen molar-refractivity contribution in [2.45, 2.75) is 19.3 Å². The molecule has 1 aliphatic heterocycles. The summed E-state index contributed by atoms with van der Waals surface area (Å²) in [5.74, 6) is 1.53. The van der Waals surface area contributed by atoms with E-state index in [1.807, 2.05) is 0 Å². The average Bonchev–Trinajstić information content (AvgIpc) is 2.56. The van der Waals surface area contributed by atoms with E-state index in [4.69, 9.17) is 11.2 Å². The number of ether oxygens (including phenoxy) is 1. The van der Waals surface area contributed by atoms with Crippen LogP contribution in [0.2, 0.25) is 0 Å². The number of terminal acetylenes is 1. The molecule has 0 aliphatic carbocycles. The largest absolute Gasteiger partial charge is 0.368 e. The molecule has 16 heavy (non-hydrogen) atoms. The lowest BCUT2D eigenvalue weighted by molar-refractivity contribution is -0.142. The quantitative estimate of drug-likeness (QED) is 0.354. The van der Waals surface area contributed by atoms with Crippen molar-refractivity contribution < 1.29 is 19.1 Å². The standard InChI is InChI=1S/C11H13NO4/c1-2-6-16-7-5-9(13)8-12-10(14)3-4-11(12)15/h1H,3-8H2. The molecule has 0 unspecified atom stereocenters. The molecule has 0 aromatic carbocycles. The van der Waals surface area contributed by atoms with Crippen LogP contribution in [0, 0.1) is 12.3 Å². The number of carbonyl (C=O) groups is 3. The Hall–Kier alpha value is -1.67. The van der Waals surface area contributed by atoms with Gasteiger partial charge in [0.1, 0.15) is 6.61 Å². The molecule has 1 rings (SSSR count). The molecule has 1 heterocycles. The molecule has 2 amide bonds. The van der Waals surface area contributed by atoms with Crippen molar-refractivity contribution in [3.63, 3.8) is 0 Å². The van der Waals surface area contributed by atoms with Gasteiger partial charge in [0.25, 0.3) is 0 Å². The predicted molar refractivity (Wildman–Crippen MR) is 55.2 cm³/mol. The van der Waals surface area contributed by atoms with E-state index < -0.39 is 0 Å². The molecule has 1 aliphatic rings. The third-order valence-electron chi connectivity index (χ3n) is 2.20. The summed E-state index contributed by atoms with van der Waals surface area (Å²) in [6.45, 7) is 0.241. The average molecular weight is 223 g/mol. The molecule has 86 valence electrons. The topological polar surface area (TPSA) is 63.7 Å². The van der Waals surface area contributed by atoms with Crippen LogP contribution in [0.1, 0.15) is 19.3 Å². The fourth-order valence-corrected chi connectivity index (χ4v) is 1.37. The molecule has 0 aromatic heterocycles. The van der Waals surface area contributed by atoms with Crippen LogP contribution in [0.15, 0.2) is 0 Å². The predicted octanol–water partition coefficient (Wildman–Crippen LogP) is -0.256. The lowest BCUT2D eigenvalue weighted by Crippen LogP contribution is -2.34. The summed E-state index contributed by atoms with van der Waals surface area (Å²) >= 11 is 0. The van der Waals surface area contributed by atoms with Gasteiger partial charge in [-0.05, 0) is 0 Å². The van der Waals surface area contributed by atoms with Crippen LogP contribution in [-0.2, 0) is 19.1 Å². The summed E-state index contributed by atoms with van der Waals surface area (Å²) in [6.07, 6.45) is 5.54. The number of hydrogen-bond donors (Lipinski definition) is 0. The smallest absolute Gasteiger partial charge is 0.230 e. The normalized spacial score (nSPS) is 15.3. The molecule has 0 N–H and O–H groups in total. The van der Waals surface area contributed by atoms with Gasteiger partial charge >= 0.3 is 0 Å². The van der Waals surface area contributed by atoms with Gasteiger partial charge in [-0.15, -0.1) is 6.42 Å². The van der Waals surface area contributed by atoms with E-state index in [-0.39, 0.29) is 56.6 Å². The zero-order chi connectivity index (χ0) is 12.0. The summed E-state index contributed by atoms with van der Waals surface area (Å²) in [5, 5.41) is 0. The van der Waals surface area contributed by atoms with E-state index in [2.05, 4.69) is 5.92 Å². The lowest BCUT2D eigenvalue weighted by Gasteiger charge is -2.12. The van der Waals surface area contributed by atoms with Gasteiger partial charge in [0.05, 0.1) is 13.2 Å². The molecular formula is C11H13NO4. The summed E-state index contributed by atoms with van der Waals surface area (Å²) in [5.41, 5.74) is 0. The van der Waals surface area contributed by atoms with Gasteiger partial charge in [0.2, 0.25) is 11.8 Å². The van der Waals surface area contributed by atoms with Gasteiger partial charge in [0.15, 0.2) is 5.78 Å². The molecule has 5 heteroatoms. The van der Waals surface area contributed by atoms with Crippen molar-refractivity contribution in [1.29, 1.82) is 0 Å². The van der Waals surface area contributed by atoms with E-state index in [1.54, 1.807) is 0 Å². The lowest BCUT2D eigenvalue weighted by atomic mass is 10.3. The minimum atomic E-state index is -0.275. The number of imide groups is 1. The van der Waals surface area contributed by atoms with E-state index in [9.17, 15) is 14.4 Å². The summed E-state index contributed by atoms with van der Waals surface area (Å²) < 4.78 is 4.93.